The molecule has 20 heavy (non-hydrogen) atoms. The van der Waals surface area contributed by atoms with Gasteiger partial charge in [0.15, 0.2) is 0 Å². The number of carbonyl (C=O) groups is 1. The molecular formula is C16H23N3O. The fourth-order valence-corrected chi connectivity index (χ4v) is 3.41. The summed E-state index contributed by atoms with van der Waals surface area (Å²) in [5, 5.41) is 0. The van der Waals surface area contributed by atoms with Crippen LogP contribution in [0.25, 0.3) is 0 Å². The Labute approximate surface area is 120 Å². The SMILES string of the molecule is N[C@H](C(=O)N1CCCN2CCCC2C1)c1ccccc1. The zero-order valence-corrected chi connectivity index (χ0v) is 11.9. The van der Waals surface area contributed by atoms with Gasteiger partial charge in [-0.25, -0.2) is 0 Å². The minimum Gasteiger partial charge on any atom is -0.339 e. The number of hydrogen-bond acceptors (Lipinski definition) is 3. The van der Waals surface area contributed by atoms with Crippen LogP contribution in [0.2, 0.25) is 0 Å². The van der Waals surface area contributed by atoms with Crippen LogP contribution in [0.1, 0.15) is 30.9 Å². The first-order valence-electron chi connectivity index (χ1n) is 7.59. The third-order valence-corrected chi connectivity index (χ3v) is 4.54. The van der Waals surface area contributed by atoms with E-state index in [-0.39, 0.29) is 5.91 Å². The second-order valence-electron chi connectivity index (χ2n) is 5.86. The van der Waals surface area contributed by atoms with Gasteiger partial charge in [-0.1, -0.05) is 30.3 Å². The molecule has 1 aromatic rings. The smallest absolute Gasteiger partial charge is 0.244 e. The molecule has 2 fully saturated rings. The van der Waals surface area contributed by atoms with Gasteiger partial charge in [0.05, 0.1) is 0 Å². The van der Waals surface area contributed by atoms with E-state index < -0.39 is 6.04 Å². The van der Waals surface area contributed by atoms with Crippen LogP contribution in [0.15, 0.2) is 30.3 Å². The fraction of sp³-hybridized carbons (Fsp3) is 0.562. The van der Waals surface area contributed by atoms with E-state index >= 15 is 0 Å². The second-order valence-corrected chi connectivity index (χ2v) is 5.86. The first kappa shape index (κ1) is 13.6. The van der Waals surface area contributed by atoms with E-state index in [1.807, 2.05) is 35.2 Å². The van der Waals surface area contributed by atoms with Crippen molar-refractivity contribution in [2.24, 2.45) is 5.73 Å². The maximum atomic E-state index is 12.6. The first-order chi connectivity index (χ1) is 9.75. The monoisotopic (exact) mass is 273 g/mol. The topological polar surface area (TPSA) is 49.6 Å². The Kier molecular flexibility index (Phi) is 4.03. The highest BCUT2D eigenvalue weighted by Crippen LogP contribution is 2.23. The van der Waals surface area contributed by atoms with Crippen molar-refractivity contribution in [2.45, 2.75) is 31.3 Å². The summed E-state index contributed by atoms with van der Waals surface area (Å²) in [5.74, 6) is 0.0740. The number of nitrogens with zero attached hydrogens (tertiary/aromatic N) is 2. The van der Waals surface area contributed by atoms with Crippen LogP contribution in [0.5, 0.6) is 0 Å². The highest BCUT2D eigenvalue weighted by molar-refractivity contribution is 5.83. The molecule has 0 bridgehead atoms. The predicted molar refractivity (Wildman–Crippen MR) is 79.2 cm³/mol. The lowest BCUT2D eigenvalue weighted by atomic mass is 10.1. The van der Waals surface area contributed by atoms with E-state index in [9.17, 15) is 4.79 Å². The van der Waals surface area contributed by atoms with E-state index in [0.717, 1.165) is 31.6 Å². The number of benzene rings is 1. The Morgan fingerprint density at radius 2 is 1.90 bits per heavy atom. The molecule has 4 nitrogen and oxygen atoms in total. The van der Waals surface area contributed by atoms with Crippen molar-refractivity contribution in [3.05, 3.63) is 35.9 Å². The summed E-state index contributed by atoms with van der Waals surface area (Å²) < 4.78 is 0. The quantitative estimate of drug-likeness (QED) is 0.885. The van der Waals surface area contributed by atoms with Gasteiger partial charge in [0, 0.05) is 25.7 Å². The molecule has 108 valence electrons. The molecule has 1 amide bonds. The predicted octanol–water partition coefficient (Wildman–Crippen LogP) is 1.38. The van der Waals surface area contributed by atoms with Crippen LogP contribution in [0, 0.1) is 0 Å². The van der Waals surface area contributed by atoms with Crippen LogP contribution >= 0.6 is 0 Å². The van der Waals surface area contributed by atoms with Crippen molar-refractivity contribution >= 4 is 5.91 Å². The summed E-state index contributed by atoms with van der Waals surface area (Å²) in [6.45, 7) is 4.00. The summed E-state index contributed by atoms with van der Waals surface area (Å²) in [6, 6.07) is 9.70. The Morgan fingerprint density at radius 3 is 2.70 bits per heavy atom. The van der Waals surface area contributed by atoms with Crippen molar-refractivity contribution in [3.63, 3.8) is 0 Å². The number of fused-ring (bicyclic) bond motifs is 1. The van der Waals surface area contributed by atoms with Crippen LogP contribution in [0.3, 0.4) is 0 Å². The van der Waals surface area contributed by atoms with E-state index in [4.69, 9.17) is 5.73 Å². The summed E-state index contributed by atoms with van der Waals surface area (Å²) >= 11 is 0. The largest absolute Gasteiger partial charge is 0.339 e. The Morgan fingerprint density at radius 1 is 1.15 bits per heavy atom. The van der Waals surface area contributed by atoms with E-state index in [1.54, 1.807) is 0 Å². The average Bonchev–Trinajstić information content (AvgIpc) is 2.83. The Hall–Kier alpha value is -1.39. The van der Waals surface area contributed by atoms with Crippen molar-refractivity contribution in [1.82, 2.24) is 9.80 Å². The molecular weight excluding hydrogens is 250 g/mol. The highest BCUT2D eigenvalue weighted by atomic mass is 16.2. The molecule has 0 aliphatic carbocycles. The Balaban J connectivity index is 1.70. The van der Waals surface area contributed by atoms with Crippen LogP contribution in [-0.4, -0.2) is 47.9 Å². The van der Waals surface area contributed by atoms with Gasteiger partial charge < -0.3 is 10.6 Å². The molecule has 3 rings (SSSR count). The lowest BCUT2D eigenvalue weighted by molar-refractivity contribution is -0.133. The summed E-state index contributed by atoms with van der Waals surface area (Å²) in [6.07, 6.45) is 3.53. The molecule has 1 unspecified atom stereocenters. The minimum absolute atomic E-state index is 0.0740. The van der Waals surface area contributed by atoms with Crippen molar-refractivity contribution in [3.8, 4) is 0 Å². The van der Waals surface area contributed by atoms with Gasteiger partial charge in [-0.3, -0.25) is 9.69 Å². The van der Waals surface area contributed by atoms with E-state index in [0.29, 0.717) is 6.04 Å². The zero-order valence-electron chi connectivity index (χ0n) is 11.9. The lowest BCUT2D eigenvalue weighted by Crippen LogP contribution is -2.43. The molecule has 2 aliphatic heterocycles. The summed E-state index contributed by atoms with van der Waals surface area (Å²) in [5.41, 5.74) is 7.06. The van der Waals surface area contributed by atoms with Crippen molar-refractivity contribution in [1.29, 1.82) is 0 Å². The highest BCUT2D eigenvalue weighted by Gasteiger charge is 2.32. The lowest BCUT2D eigenvalue weighted by Gasteiger charge is -2.27. The van der Waals surface area contributed by atoms with Gasteiger partial charge in [0.25, 0.3) is 0 Å². The molecule has 0 radical (unpaired) electrons. The first-order valence-corrected chi connectivity index (χ1v) is 7.59. The zero-order chi connectivity index (χ0) is 13.9. The number of hydrogen-bond donors (Lipinski definition) is 1. The van der Waals surface area contributed by atoms with Gasteiger partial charge in [-0.05, 0) is 31.4 Å². The van der Waals surface area contributed by atoms with Crippen molar-refractivity contribution < 1.29 is 4.79 Å². The van der Waals surface area contributed by atoms with Crippen LogP contribution in [-0.2, 0) is 4.79 Å². The maximum Gasteiger partial charge on any atom is 0.244 e. The molecule has 2 heterocycles. The Bertz CT molecular complexity index is 462. The normalized spacial score (nSPS) is 25.1. The third-order valence-electron chi connectivity index (χ3n) is 4.54. The summed E-state index contributed by atoms with van der Waals surface area (Å²) in [4.78, 5) is 17.1. The van der Waals surface area contributed by atoms with Gasteiger partial charge in [0.1, 0.15) is 6.04 Å². The number of amides is 1. The van der Waals surface area contributed by atoms with Crippen molar-refractivity contribution in [2.75, 3.05) is 26.2 Å². The molecule has 2 saturated heterocycles. The van der Waals surface area contributed by atoms with Gasteiger partial charge in [-0.2, -0.15) is 0 Å². The minimum atomic E-state index is -0.524. The molecule has 2 N–H and O–H groups in total. The standard InChI is InChI=1S/C16H23N3O/c17-15(13-6-2-1-3-7-13)16(20)19-11-5-10-18-9-4-8-14(18)12-19/h1-3,6-7,14-15H,4-5,8-12,17H2/t14?,15-/m0/s1. The maximum absolute atomic E-state index is 12.6. The molecule has 2 atom stereocenters. The molecule has 1 aromatic carbocycles. The van der Waals surface area contributed by atoms with Gasteiger partial charge >= 0.3 is 0 Å². The number of carbonyl (C=O) groups excluding carboxylic acids is 1. The van der Waals surface area contributed by atoms with Crippen LogP contribution in [0.4, 0.5) is 0 Å². The second kappa shape index (κ2) is 5.94. The molecule has 4 heteroatoms. The average molecular weight is 273 g/mol. The van der Waals surface area contributed by atoms with Gasteiger partial charge in [-0.15, -0.1) is 0 Å². The number of rotatable bonds is 2. The van der Waals surface area contributed by atoms with Gasteiger partial charge in [0.2, 0.25) is 5.91 Å². The van der Waals surface area contributed by atoms with E-state index in [1.165, 1.54) is 19.4 Å². The molecule has 2 aliphatic rings. The molecule has 0 saturated carbocycles. The van der Waals surface area contributed by atoms with E-state index in [2.05, 4.69) is 4.90 Å². The number of nitrogens with two attached hydrogens (primary N) is 1. The molecule has 0 spiro atoms. The molecule has 0 aromatic heterocycles. The summed E-state index contributed by atoms with van der Waals surface area (Å²) in [7, 11) is 0. The fourth-order valence-electron chi connectivity index (χ4n) is 3.41. The van der Waals surface area contributed by atoms with Crippen LogP contribution < -0.4 is 5.73 Å². The third kappa shape index (κ3) is 2.72.